The Bertz CT molecular complexity index is 2890. The van der Waals surface area contributed by atoms with Crippen LogP contribution in [0.25, 0.3) is 68.2 Å². The standard InChI is InChI=1S/C53H40N4/c1-53(2)45-27-16-26-42(40-29-31-43-39(33-40)25-15-28-47(35-17-7-3-8-18-35)54-49(43)36-19-9-4-10-20-36)48(45)44-32-30-41(34-46(44)53)52-56-50(37-21-11-5-12-22-37)55-51(57-52)38-23-13-6-14-24-38/h3-14,16-27,29-34H,15,28H2,1-2H3/b39-25-,49-43-,54-47+. The first-order valence-corrected chi connectivity index (χ1v) is 19.7. The van der Waals surface area contributed by atoms with Gasteiger partial charge in [0.25, 0.3) is 0 Å². The van der Waals surface area contributed by atoms with Gasteiger partial charge in [0.05, 0.1) is 5.70 Å². The summed E-state index contributed by atoms with van der Waals surface area (Å²) >= 11 is 0. The lowest BCUT2D eigenvalue weighted by molar-refractivity contribution is 0.660. The largest absolute Gasteiger partial charge is 0.252 e. The molecule has 1 aliphatic heterocycles. The van der Waals surface area contributed by atoms with E-state index in [4.69, 9.17) is 19.9 Å². The molecule has 0 radical (unpaired) electrons. The summed E-state index contributed by atoms with van der Waals surface area (Å²) in [5.74, 6) is 1.99. The van der Waals surface area contributed by atoms with Gasteiger partial charge in [0.2, 0.25) is 0 Å². The van der Waals surface area contributed by atoms with Gasteiger partial charge in [-0.3, -0.25) is 4.99 Å². The lowest BCUT2D eigenvalue weighted by atomic mass is 9.81. The maximum Gasteiger partial charge on any atom is 0.164 e. The van der Waals surface area contributed by atoms with Gasteiger partial charge in [-0.15, -0.1) is 0 Å². The average Bonchev–Trinajstić information content (AvgIpc) is 3.50. The Hall–Kier alpha value is -7.04. The van der Waals surface area contributed by atoms with E-state index in [-0.39, 0.29) is 5.41 Å². The molecule has 0 atom stereocenters. The minimum atomic E-state index is -0.235. The predicted octanol–water partition coefficient (Wildman–Crippen LogP) is 11.1. The van der Waals surface area contributed by atoms with Gasteiger partial charge in [0.1, 0.15) is 0 Å². The van der Waals surface area contributed by atoms with Gasteiger partial charge < -0.3 is 0 Å². The van der Waals surface area contributed by atoms with Crippen molar-refractivity contribution in [2.75, 3.05) is 0 Å². The molecule has 4 heteroatoms. The molecular weight excluding hydrogens is 693 g/mol. The molecule has 1 aromatic heterocycles. The first-order valence-electron chi connectivity index (χ1n) is 19.7. The molecule has 0 spiro atoms. The zero-order chi connectivity index (χ0) is 38.3. The molecule has 0 unspecified atom stereocenters. The molecule has 0 amide bonds. The molecule has 8 aromatic rings. The van der Waals surface area contributed by atoms with Crippen LogP contribution in [-0.2, 0) is 5.41 Å². The molecular formula is C53H40N4. The third-order valence-electron chi connectivity index (χ3n) is 11.4. The van der Waals surface area contributed by atoms with Crippen LogP contribution in [0.15, 0.2) is 181 Å². The lowest BCUT2D eigenvalue weighted by Crippen LogP contribution is -2.28. The van der Waals surface area contributed by atoms with Crippen LogP contribution in [0.4, 0.5) is 0 Å². The van der Waals surface area contributed by atoms with Crippen LogP contribution in [0.1, 0.15) is 48.9 Å². The second kappa shape index (κ2) is 14.2. The van der Waals surface area contributed by atoms with Crippen LogP contribution in [-0.4, -0.2) is 20.7 Å². The Morgan fingerprint density at radius 3 is 1.63 bits per heavy atom. The van der Waals surface area contributed by atoms with E-state index in [0.29, 0.717) is 17.5 Å². The van der Waals surface area contributed by atoms with Crippen molar-refractivity contribution in [2.45, 2.75) is 32.1 Å². The minimum absolute atomic E-state index is 0.235. The maximum absolute atomic E-state index is 5.40. The molecule has 0 bridgehead atoms. The Labute approximate surface area is 333 Å². The number of fused-ring (bicyclic) bond motifs is 4. The monoisotopic (exact) mass is 732 g/mol. The Morgan fingerprint density at radius 2 is 1.00 bits per heavy atom. The van der Waals surface area contributed by atoms with Crippen LogP contribution in [0.2, 0.25) is 0 Å². The normalized spacial score (nSPS) is 16.5. The maximum atomic E-state index is 5.40. The van der Waals surface area contributed by atoms with E-state index in [1.165, 1.54) is 44.2 Å². The highest BCUT2D eigenvalue weighted by molar-refractivity contribution is 6.04. The summed E-state index contributed by atoms with van der Waals surface area (Å²) in [5, 5.41) is 2.36. The van der Waals surface area contributed by atoms with Crippen LogP contribution in [0, 0.1) is 0 Å². The van der Waals surface area contributed by atoms with Crippen molar-refractivity contribution in [1.82, 2.24) is 15.0 Å². The number of nitrogens with zero attached hydrogens (tertiary/aromatic N) is 4. The highest BCUT2D eigenvalue weighted by atomic mass is 15.0. The van der Waals surface area contributed by atoms with Crippen LogP contribution < -0.4 is 10.4 Å². The quantitative estimate of drug-likeness (QED) is 0.171. The summed E-state index contributed by atoms with van der Waals surface area (Å²) in [5.41, 5.74) is 14.6. The molecule has 1 aliphatic carbocycles. The third kappa shape index (κ3) is 6.30. The van der Waals surface area contributed by atoms with Crippen molar-refractivity contribution in [3.63, 3.8) is 0 Å². The van der Waals surface area contributed by atoms with Crippen molar-refractivity contribution in [2.24, 2.45) is 4.99 Å². The molecule has 0 saturated carbocycles. The molecule has 0 fully saturated rings. The van der Waals surface area contributed by atoms with Gasteiger partial charge in [0.15, 0.2) is 17.5 Å². The Balaban J connectivity index is 1.11. The summed E-state index contributed by atoms with van der Waals surface area (Å²) in [7, 11) is 0. The topological polar surface area (TPSA) is 51.0 Å². The van der Waals surface area contributed by atoms with Crippen molar-refractivity contribution in [1.29, 1.82) is 0 Å². The lowest BCUT2D eigenvalue weighted by Gasteiger charge is -2.22. The van der Waals surface area contributed by atoms with E-state index in [9.17, 15) is 0 Å². The number of hydrogen-bond donors (Lipinski definition) is 0. The van der Waals surface area contributed by atoms with E-state index < -0.39 is 0 Å². The molecule has 7 aromatic carbocycles. The molecule has 0 N–H and O–H groups in total. The second-order valence-corrected chi connectivity index (χ2v) is 15.3. The van der Waals surface area contributed by atoms with Crippen LogP contribution in [0.3, 0.4) is 0 Å². The summed E-state index contributed by atoms with van der Waals surface area (Å²) in [6.45, 7) is 4.67. The molecule has 0 saturated heterocycles. The van der Waals surface area contributed by atoms with E-state index >= 15 is 0 Å². The van der Waals surface area contributed by atoms with E-state index in [1.807, 2.05) is 36.4 Å². The minimum Gasteiger partial charge on any atom is -0.252 e. The smallest absolute Gasteiger partial charge is 0.164 e. The van der Waals surface area contributed by atoms with Crippen molar-refractivity contribution < 1.29 is 0 Å². The third-order valence-corrected chi connectivity index (χ3v) is 11.4. The zero-order valence-corrected chi connectivity index (χ0v) is 32.0. The fourth-order valence-corrected chi connectivity index (χ4v) is 8.49. The first-order chi connectivity index (χ1) is 28.0. The van der Waals surface area contributed by atoms with E-state index in [1.54, 1.807) is 0 Å². The Kier molecular flexibility index (Phi) is 8.60. The molecule has 2 heterocycles. The van der Waals surface area contributed by atoms with Crippen molar-refractivity contribution >= 4 is 17.5 Å². The molecule has 4 nitrogen and oxygen atoms in total. The SMILES string of the molecule is CC1(C)c2cc(-c3nc(-c4ccccc4)nc(-c4ccccc4)n3)ccc2-c2c(-c3ccc4/c(c3)=C\CC/C(c3ccccc3)=N\C=4c3ccccc3)cccc21. The van der Waals surface area contributed by atoms with Gasteiger partial charge in [-0.25, -0.2) is 15.0 Å². The predicted molar refractivity (Wildman–Crippen MR) is 234 cm³/mol. The van der Waals surface area contributed by atoms with Crippen LogP contribution >= 0.6 is 0 Å². The number of hydrogen-bond acceptors (Lipinski definition) is 4. The number of benzene rings is 7. The molecule has 272 valence electrons. The summed E-state index contributed by atoms with van der Waals surface area (Å²) in [4.78, 5) is 20.4. The van der Waals surface area contributed by atoms with Gasteiger partial charge in [0, 0.05) is 38.6 Å². The fourth-order valence-electron chi connectivity index (χ4n) is 8.49. The Morgan fingerprint density at radius 1 is 0.439 bits per heavy atom. The van der Waals surface area contributed by atoms with Gasteiger partial charge >= 0.3 is 0 Å². The zero-order valence-electron chi connectivity index (χ0n) is 32.0. The molecule has 10 rings (SSSR count). The summed E-state index contributed by atoms with van der Waals surface area (Å²) in [6.07, 6.45) is 4.18. The second-order valence-electron chi connectivity index (χ2n) is 15.3. The van der Waals surface area contributed by atoms with E-state index in [0.717, 1.165) is 51.7 Å². The van der Waals surface area contributed by atoms with Crippen molar-refractivity contribution in [3.8, 4) is 56.4 Å². The van der Waals surface area contributed by atoms with Crippen molar-refractivity contribution in [3.05, 3.63) is 209 Å². The first kappa shape index (κ1) is 34.5. The fraction of sp³-hybridized carbons (Fsp3) is 0.0943. The summed E-state index contributed by atoms with van der Waals surface area (Å²) in [6, 6.07) is 62.0. The van der Waals surface area contributed by atoms with Gasteiger partial charge in [-0.2, -0.15) is 0 Å². The highest BCUT2D eigenvalue weighted by Gasteiger charge is 2.37. The summed E-state index contributed by atoms with van der Waals surface area (Å²) < 4.78 is 0. The van der Waals surface area contributed by atoms with Gasteiger partial charge in [-0.1, -0.05) is 184 Å². The van der Waals surface area contributed by atoms with Crippen LogP contribution in [0.5, 0.6) is 0 Å². The number of aliphatic imine (C=N–C) groups is 1. The number of aromatic nitrogens is 3. The van der Waals surface area contributed by atoms with E-state index in [2.05, 4.69) is 159 Å². The molecule has 57 heavy (non-hydrogen) atoms. The van der Waals surface area contributed by atoms with Gasteiger partial charge in [-0.05, 0) is 69.1 Å². The number of rotatable bonds is 6. The average molecular weight is 733 g/mol. The molecule has 2 aliphatic rings. The highest BCUT2D eigenvalue weighted by Crippen LogP contribution is 2.52.